The smallest absolute Gasteiger partial charge is 0.289 e. The highest BCUT2D eigenvalue weighted by Gasteiger charge is 2.37. The van der Waals surface area contributed by atoms with Crippen LogP contribution in [0.4, 0.5) is 13.2 Å². The van der Waals surface area contributed by atoms with Crippen molar-refractivity contribution >= 4 is 5.57 Å². The molecule has 2 bridgehead atoms. The maximum absolute atomic E-state index is 12.9. The van der Waals surface area contributed by atoms with Crippen LogP contribution in [0.2, 0.25) is 0 Å². The molecule has 2 unspecified atom stereocenters. The van der Waals surface area contributed by atoms with Crippen molar-refractivity contribution in [3.63, 3.8) is 0 Å². The van der Waals surface area contributed by atoms with Crippen LogP contribution in [0.15, 0.2) is 54.9 Å². The van der Waals surface area contributed by atoms with E-state index in [0.717, 1.165) is 37.6 Å². The van der Waals surface area contributed by atoms with Crippen LogP contribution in [0.25, 0.3) is 5.57 Å². The fourth-order valence-corrected chi connectivity index (χ4v) is 3.94. The van der Waals surface area contributed by atoms with Gasteiger partial charge in [-0.1, -0.05) is 36.4 Å². The minimum Gasteiger partial charge on any atom is -0.289 e. The van der Waals surface area contributed by atoms with Crippen LogP contribution >= 0.6 is 0 Å². The van der Waals surface area contributed by atoms with Crippen LogP contribution < -0.4 is 0 Å². The molecule has 1 aromatic carbocycles. The highest BCUT2D eigenvalue weighted by molar-refractivity contribution is 5.68. The maximum Gasteiger partial charge on any atom is 0.417 e. The van der Waals surface area contributed by atoms with Gasteiger partial charge in [0.2, 0.25) is 0 Å². The number of alkyl halides is 3. The summed E-state index contributed by atoms with van der Waals surface area (Å²) >= 11 is 0. The van der Waals surface area contributed by atoms with Crippen LogP contribution in [-0.4, -0.2) is 22.0 Å². The number of hydrogen-bond acceptors (Lipinski definition) is 2. The molecule has 130 valence electrons. The summed E-state index contributed by atoms with van der Waals surface area (Å²) in [6, 6.07) is 12.2. The lowest BCUT2D eigenvalue weighted by Crippen LogP contribution is -2.37. The van der Waals surface area contributed by atoms with E-state index in [1.165, 1.54) is 11.6 Å². The summed E-state index contributed by atoms with van der Waals surface area (Å²) in [5.41, 5.74) is 2.20. The van der Waals surface area contributed by atoms with Crippen molar-refractivity contribution in [3.05, 3.63) is 71.6 Å². The summed E-state index contributed by atoms with van der Waals surface area (Å²) in [4.78, 5) is 6.28. The van der Waals surface area contributed by atoms with Gasteiger partial charge in [-0.15, -0.1) is 0 Å². The van der Waals surface area contributed by atoms with Crippen molar-refractivity contribution in [2.45, 2.75) is 44.1 Å². The molecule has 2 aromatic rings. The molecule has 2 aliphatic heterocycles. The van der Waals surface area contributed by atoms with E-state index in [2.05, 4.69) is 28.1 Å². The predicted molar refractivity (Wildman–Crippen MR) is 90.6 cm³/mol. The van der Waals surface area contributed by atoms with Gasteiger partial charge in [-0.05, 0) is 42.0 Å². The van der Waals surface area contributed by atoms with Gasteiger partial charge < -0.3 is 0 Å². The quantitative estimate of drug-likeness (QED) is 0.786. The Kier molecular flexibility index (Phi) is 4.12. The molecule has 0 aliphatic carbocycles. The largest absolute Gasteiger partial charge is 0.417 e. The third-order valence-corrected chi connectivity index (χ3v) is 5.18. The van der Waals surface area contributed by atoms with E-state index in [0.29, 0.717) is 17.6 Å². The monoisotopic (exact) mass is 344 g/mol. The number of halogens is 3. The average Bonchev–Trinajstić information content (AvgIpc) is 2.83. The Bertz CT molecular complexity index is 783. The fraction of sp³-hybridized carbons (Fsp3) is 0.350. The lowest BCUT2D eigenvalue weighted by Gasteiger charge is -2.34. The summed E-state index contributed by atoms with van der Waals surface area (Å²) < 4.78 is 38.8. The number of fused-ring (bicyclic) bond motifs is 2. The van der Waals surface area contributed by atoms with Gasteiger partial charge in [-0.2, -0.15) is 13.2 Å². The van der Waals surface area contributed by atoms with Gasteiger partial charge in [0.25, 0.3) is 0 Å². The Labute approximate surface area is 145 Å². The van der Waals surface area contributed by atoms with Gasteiger partial charge in [-0.3, -0.25) is 9.88 Å². The van der Waals surface area contributed by atoms with E-state index in [-0.39, 0.29) is 0 Å². The zero-order valence-electron chi connectivity index (χ0n) is 13.7. The molecular weight excluding hydrogens is 325 g/mol. The van der Waals surface area contributed by atoms with Crippen molar-refractivity contribution in [2.75, 3.05) is 0 Å². The Morgan fingerprint density at radius 2 is 1.88 bits per heavy atom. The minimum atomic E-state index is -4.35. The van der Waals surface area contributed by atoms with E-state index in [9.17, 15) is 13.2 Å². The number of aromatic nitrogens is 1. The average molecular weight is 344 g/mol. The molecule has 1 fully saturated rings. The predicted octanol–water partition coefficient (Wildman–Crippen LogP) is 4.92. The first kappa shape index (κ1) is 16.3. The van der Waals surface area contributed by atoms with Gasteiger partial charge in [-0.25, -0.2) is 0 Å². The third-order valence-electron chi connectivity index (χ3n) is 5.18. The molecule has 0 spiro atoms. The second-order valence-corrected chi connectivity index (χ2v) is 6.81. The topological polar surface area (TPSA) is 16.1 Å². The van der Waals surface area contributed by atoms with E-state index in [1.807, 2.05) is 18.2 Å². The summed E-state index contributed by atoms with van der Waals surface area (Å²) in [7, 11) is 0. The zero-order valence-corrected chi connectivity index (χ0v) is 13.7. The molecule has 1 saturated heterocycles. The normalized spacial score (nSPS) is 23.6. The van der Waals surface area contributed by atoms with E-state index in [4.69, 9.17) is 0 Å². The second kappa shape index (κ2) is 6.30. The van der Waals surface area contributed by atoms with Crippen LogP contribution in [0, 0.1) is 0 Å². The van der Waals surface area contributed by atoms with Gasteiger partial charge in [0.1, 0.15) is 0 Å². The molecule has 2 aliphatic rings. The number of rotatable bonds is 3. The molecule has 25 heavy (non-hydrogen) atoms. The van der Waals surface area contributed by atoms with Gasteiger partial charge >= 0.3 is 6.18 Å². The van der Waals surface area contributed by atoms with Crippen molar-refractivity contribution in [1.29, 1.82) is 0 Å². The molecule has 2 atom stereocenters. The Hall–Kier alpha value is -2.14. The first-order chi connectivity index (χ1) is 12.0. The van der Waals surface area contributed by atoms with Crippen LogP contribution in [0.1, 0.15) is 36.0 Å². The van der Waals surface area contributed by atoms with E-state index >= 15 is 0 Å². The number of hydrogen-bond donors (Lipinski definition) is 0. The minimum absolute atomic E-state index is 0.295. The molecule has 0 N–H and O–H groups in total. The van der Waals surface area contributed by atoms with Gasteiger partial charge in [0, 0.05) is 31.0 Å². The van der Waals surface area contributed by atoms with E-state index in [1.54, 1.807) is 6.20 Å². The Balaban J connectivity index is 1.58. The first-order valence-corrected chi connectivity index (χ1v) is 8.54. The Morgan fingerprint density at radius 1 is 1.08 bits per heavy atom. The lowest BCUT2D eigenvalue weighted by atomic mass is 9.94. The van der Waals surface area contributed by atoms with Gasteiger partial charge in [0.15, 0.2) is 0 Å². The van der Waals surface area contributed by atoms with Crippen molar-refractivity contribution < 1.29 is 13.2 Å². The van der Waals surface area contributed by atoms with Crippen LogP contribution in [0.3, 0.4) is 0 Å². The number of nitrogens with zero attached hydrogens (tertiary/aromatic N) is 2. The van der Waals surface area contributed by atoms with Crippen molar-refractivity contribution in [1.82, 2.24) is 9.88 Å². The van der Waals surface area contributed by atoms with Crippen LogP contribution in [-0.2, 0) is 12.7 Å². The molecular formula is C20H19F3N2. The molecule has 1 aromatic heterocycles. The molecule has 4 rings (SSSR count). The number of benzene rings is 1. The highest BCUT2D eigenvalue weighted by Crippen LogP contribution is 2.40. The molecule has 0 saturated carbocycles. The van der Waals surface area contributed by atoms with Crippen LogP contribution in [0.5, 0.6) is 0 Å². The van der Waals surface area contributed by atoms with Crippen molar-refractivity contribution in [3.8, 4) is 0 Å². The lowest BCUT2D eigenvalue weighted by molar-refractivity contribution is -0.137. The fourth-order valence-electron chi connectivity index (χ4n) is 3.94. The standard InChI is InChI=1S/C20H19F3N2/c21-20(22,23)17-8-16(11-24-12-17)15-9-18-6-7-19(10-15)25(18)13-14-4-2-1-3-5-14/h1-5,8-9,11-12,18-19H,6-7,10,13H2. The Morgan fingerprint density at radius 3 is 2.60 bits per heavy atom. The summed E-state index contributed by atoms with van der Waals surface area (Å²) in [6.07, 6.45) is 3.17. The zero-order chi connectivity index (χ0) is 17.4. The maximum atomic E-state index is 12.9. The SMILES string of the molecule is FC(F)(F)c1cncc(C2=CC3CCC(C2)N3Cc2ccccc2)c1. The summed E-state index contributed by atoms with van der Waals surface area (Å²) in [6.45, 7) is 0.890. The molecule has 5 heteroatoms. The summed E-state index contributed by atoms with van der Waals surface area (Å²) in [5, 5.41) is 0. The summed E-state index contributed by atoms with van der Waals surface area (Å²) in [5.74, 6) is 0. The van der Waals surface area contributed by atoms with E-state index < -0.39 is 11.7 Å². The molecule has 2 nitrogen and oxygen atoms in total. The van der Waals surface area contributed by atoms with Crippen molar-refractivity contribution in [2.24, 2.45) is 0 Å². The van der Waals surface area contributed by atoms with Gasteiger partial charge in [0.05, 0.1) is 5.56 Å². The third kappa shape index (κ3) is 3.33. The first-order valence-electron chi connectivity index (χ1n) is 8.54. The molecule has 3 heterocycles. The molecule has 0 amide bonds. The number of pyridine rings is 1. The highest BCUT2D eigenvalue weighted by atomic mass is 19.4. The molecule has 0 radical (unpaired) electrons. The second-order valence-electron chi connectivity index (χ2n) is 6.81.